The van der Waals surface area contributed by atoms with Crippen LogP contribution in [0.4, 0.5) is 10.5 Å². The molecule has 0 radical (unpaired) electrons. The van der Waals surface area contributed by atoms with Crippen molar-refractivity contribution in [1.82, 2.24) is 9.80 Å². The standard InChI is InChI=1S/C23H35N3O4/c1-4-5-14-29-22(27)19-10-12-25(13-11-19)16-21-17-26(23(28)30-21)20-8-6-18(7-9-20)15-24(2)3/h6-9,19,21H,4-5,10-17H2,1-3H3. The minimum Gasteiger partial charge on any atom is -0.465 e. The molecule has 0 spiro atoms. The summed E-state index contributed by atoms with van der Waals surface area (Å²) in [6.07, 6.45) is 3.14. The molecule has 7 heteroatoms. The van der Waals surface area contributed by atoms with E-state index in [1.165, 1.54) is 5.56 Å². The average Bonchev–Trinajstić information content (AvgIpc) is 3.09. The summed E-state index contributed by atoms with van der Waals surface area (Å²) in [7, 11) is 4.07. The molecular formula is C23H35N3O4. The van der Waals surface area contributed by atoms with E-state index in [-0.39, 0.29) is 24.1 Å². The van der Waals surface area contributed by atoms with Gasteiger partial charge in [-0.05, 0) is 64.1 Å². The molecule has 166 valence electrons. The van der Waals surface area contributed by atoms with Gasteiger partial charge >= 0.3 is 12.1 Å². The van der Waals surface area contributed by atoms with Gasteiger partial charge < -0.3 is 14.4 Å². The molecule has 1 aromatic rings. The van der Waals surface area contributed by atoms with E-state index >= 15 is 0 Å². The molecule has 2 heterocycles. The number of likely N-dealkylation sites (tertiary alicyclic amines) is 1. The second-order valence-electron chi connectivity index (χ2n) is 8.62. The lowest BCUT2D eigenvalue weighted by Gasteiger charge is -2.31. The van der Waals surface area contributed by atoms with Crippen LogP contribution in [0.1, 0.15) is 38.2 Å². The Bertz CT molecular complexity index is 699. The van der Waals surface area contributed by atoms with Gasteiger partial charge in [0.15, 0.2) is 0 Å². The third-order valence-corrected chi connectivity index (χ3v) is 5.75. The molecular weight excluding hydrogens is 382 g/mol. The highest BCUT2D eigenvalue weighted by molar-refractivity contribution is 5.89. The molecule has 0 N–H and O–H groups in total. The smallest absolute Gasteiger partial charge is 0.414 e. The van der Waals surface area contributed by atoms with Crippen LogP contribution in [0.2, 0.25) is 0 Å². The quantitative estimate of drug-likeness (QED) is 0.454. The van der Waals surface area contributed by atoms with E-state index in [1.54, 1.807) is 4.90 Å². The van der Waals surface area contributed by atoms with Crippen molar-refractivity contribution in [1.29, 1.82) is 0 Å². The third-order valence-electron chi connectivity index (χ3n) is 5.75. The zero-order valence-corrected chi connectivity index (χ0v) is 18.5. The fourth-order valence-electron chi connectivity index (χ4n) is 4.05. The van der Waals surface area contributed by atoms with Gasteiger partial charge in [0.2, 0.25) is 0 Å². The number of ether oxygens (including phenoxy) is 2. The van der Waals surface area contributed by atoms with Crippen molar-refractivity contribution < 1.29 is 19.1 Å². The van der Waals surface area contributed by atoms with E-state index in [0.717, 1.165) is 51.0 Å². The number of piperidine rings is 1. The van der Waals surface area contributed by atoms with Crippen molar-refractivity contribution in [3.63, 3.8) is 0 Å². The average molecular weight is 418 g/mol. The molecule has 0 aliphatic carbocycles. The maximum Gasteiger partial charge on any atom is 0.414 e. The molecule has 1 unspecified atom stereocenters. The van der Waals surface area contributed by atoms with Gasteiger partial charge in [0.25, 0.3) is 0 Å². The van der Waals surface area contributed by atoms with Crippen LogP contribution < -0.4 is 4.90 Å². The zero-order chi connectivity index (χ0) is 21.5. The molecule has 0 saturated carbocycles. The Morgan fingerprint density at radius 1 is 1.20 bits per heavy atom. The van der Waals surface area contributed by atoms with E-state index in [2.05, 4.69) is 28.9 Å². The molecule has 0 aromatic heterocycles. The number of hydrogen-bond acceptors (Lipinski definition) is 6. The predicted molar refractivity (Wildman–Crippen MR) is 116 cm³/mol. The van der Waals surface area contributed by atoms with Gasteiger partial charge in [0, 0.05) is 18.8 Å². The Morgan fingerprint density at radius 3 is 2.53 bits per heavy atom. The number of carbonyl (C=O) groups is 2. The Morgan fingerprint density at radius 2 is 1.90 bits per heavy atom. The van der Waals surface area contributed by atoms with Gasteiger partial charge in [-0.1, -0.05) is 25.5 Å². The van der Waals surface area contributed by atoms with Gasteiger partial charge in [0.1, 0.15) is 6.10 Å². The van der Waals surface area contributed by atoms with Gasteiger partial charge in [-0.15, -0.1) is 0 Å². The van der Waals surface area contributed by atoms with Crippen LogP contribution in [0.5, 0.6) is 0 Å². The van der Waals surface area contributed by atoms with Crippen LogP contribution in [0.15, 0.2) is 24.3 Å². The fraction of sp³-hybridized carbons (Fsp3) is 0.652. The lowest BCUT2D eigenvalue weighted by atomic mass is 9.97. The summed E-state index contributed by atoms with van der Waals surface area (Å²) in [6.45, 7) is 6.42. The van der Waals surface area contributed by atoms with Gasteiger partial charge in [0.05, 0.1) is 19.1 Å². The van der Waals surface area contributed by atoms with Crippen LogP contribution in [0.3, 0.4) is 0 Å². The summed E-state index contributed by atoms with van der Waals surface area (Å²) in [5.74, 6) is -0.0549. The zero-order valence-electron chi connectivity index (χ0n) is 18.5. The first-order chi connectivity index (χ1) is 14.5. The molecule has 0 bridgehead atoms. The molecule has 3 rings (SSSR count). The van der Waals surface area contributed by atoms with Crippen molar-refractivity contribution in [3.8, 4) is 0 Å². The SMILES string of the molecule is CCCCOC(=O)C1CCN(CC2CN(c3ccc(CN(C)C)cc3)C(=O)O2)CC1. The van der Waals surface area contributed by atoms with Crippen LogP contribution in [-0.2, 0) is 20.8 Å². The third kappa shape index (κ3) is 6.19. The summed E-state index contributed by atoms with van der Waals surface area (Å²) in [4.78, 5) is 30.6. The number of hydrogen-bond donors (Lipinski definition) is 0. The highest BCUT2D eigenvalue weighted by atomic mass is 16.6. The van der Waals surface area contributed by atoms with E-state index in [1.807, 2.05) is 26.2 Å². The topological polar surface area (TPSA) is 62.3 Å². The summed E-state index contributed by atoms with van der Waals surface area (Å²) in [5.41, 5.74) is 2.09. The number of nitrogens with zero attached hydrogens (tertiary/aromatic N) is 3. The first kappa shape index (κ1) is 22.6. The van der Waals surface area contributed by atoms with Crippen LogP contribution >= 0.6 is 0 Å². The van der Waals surface area contributed by atoms with Crippen molar-refractivity contribution >= 4 is 17.7 Å². The van der Waals surface area contributed by atoms with E-state index < -0.39 is 0 Å². The minimum absolute atomic E-state index is 0.00131. The summed E-state index contributed by atoms with van der Waals surface area (Å²) in [5, 5.41) is 0. The number of cyclic esters (lactones) is 1. The number of amides is 1. The second kappa shape index (κ2) is 10.8. The number of esters is 1. The largest absolute Gasteiger partial charge is 0.465 e. The Labute approximate surface area is 179 Å². The predicted octanol–water partition coefficient (Wildman–Crippen LogP) is 3.13. The lowest BCUT2D eigenvalue weighted by Crippen LogP contribution is -2.41. The highest BCUT2D eigenvalue weighted by Crippen LogP contribution is 2.25. The molecule has 2 aliphatic rings. The molecule has 2 saturated heterocycles. The number of benzene rings is 1. The summed E-state index contributed by atoms with van der Waals surface area (Å²) >= 11 is 0. The molecule has 1 amide bonds. The molecule has 30 heavy (non-hydrogen) atoms. The van der Waals surface area contributed by atoms with Crippen LogP contribution in [0, 0.1) is 5.92 Å². The summed E-state index contributed by atoms with van der Waals surface area (Å²) in [6, 6.07) is 8.08. The second-order valence-corrected chi connectivity index (χ2v) is 8.62. The Hall–Kier alpha value is -2.12. The Balaban J connectivity index is 1.44. The molecule has 2 fully saturated rings. The highest BCUT2D eigenvalue weighted by Gasteiger charge is 2.35. The maximum atomic E-state index is 12.4. The van der Waals surface area contributed by atoms with Gasteiger partial charge in [-0.3, -0.25) is 14.6 Å². The first-order valence-electron chi connectivity index (χ1n) is 11.1. The molecule has 1 atom stereocenters. The van der Waals surface area contributed by atoms with E-state index in [0.29, 0.717) is 19.7 Å². The number of anilines is 1. The van der Waals surface area contributed by atoms with Crippen molar-refractivity contribution in [3.05, 3.63) is 29.8 Å². The van der Waals surface area contributed by atoms with Gasteiger partial charge in [-0.2, -0.15) is 0 Å². The fourth-order valence-corrected chi connectivity index (χ4v) is 4.05. The van der Waals surface area contributed by atoms with Gasteiger partial charge in [-0.25, -0.2) is 4.79 Å². The maximum absolute atomic E-state index is 12.4. The van der Waals surface area contributed by atoms with Crippen LogP contribution in [0.25, 0.3) is 0 Å². The lowest BCUT2D eigenvalue weighted by molar-refractivity contribution is -0.150. The van der Waals surface area contributed by atoms with E-state index in [9.17, 15) is 9.59 Å². The molecule has 7 nitrogen and oxygen atoms in total. The first-order valence-corrected chi connectivity index (χ1v) is 11.1. The number of carbonyl (C=O) groups excluding carboxylic acids is 2. The van der Waals surface area contributed by atoms with Crippen LogP contribution in [-0.4, -0.2) is 74.8 Å². The normalized spacial score (nSPS) is 20.6. The molecule has 2 aliphatic heterocycles. The van der Waals surface area contributed by atoms with E-state index in [4.69, 9.17) is 9.47 Å². The number of unbranched alkanes of at least 4 members (excludes halogenated alkanes) is 1. The van der Waals surface area contributed by atoms with Crippen molar-refractivity contribution in [2.75, 3.05) is 51.8 Å². The summed E-state index contributed by atoms with van der Waals surface area (Å²) < 4.78 is 11.0. The van der Waals surface area contributed by atoms with Crippen molar-refractivity contribution in [2.45, 2.75) is 45.3 Å². The monoisotopic (exact) mass is 417 g/mol. The van der Waals surface area contributed by atoms with Crippen molar-refractivity contribution in [2.24, 2.45) is 5.92 Å². The minimum atomic E-state index is -0.283. The molecule has 1 aromatic carbocycles. The Kier molecular flexibility index (Phi) is 8.10. The number of rotatable bonds is 9.